The van der Waals surface area contributed by atoms with Gasteiger partial charge in [0.25, 0.3) is 0 Å². The van der Waals surface area contributed by atoms with Crippen molar-refractivity contribution in [3.63, 3.8) is 0 Å². The minimum atomic E-state index is -4.75. The number of hydrogen-bond acceptors (Lipinski definition) is 5. The minimum absolute atomic E-state index is 0.0985. The van der Waals surface area contributed by atoms with Gasteiger partial charge in [-0.3, -0.25) is 0 Å². The molecule has 1 aromatic heterocycles. The Labute approximate surface area is 125 Å². The molecule has 0 aliphatic carbocycles. The summed E-state index contributed by atoms with van der Waals surface area (Å²) < 4.78 is 46.0. The van der Waals surface area contributed by atoms with E-state index in [1.165, 1.54) is 18.2 Å². The summed E-state index contributed by atoms with van der Waals surface area (Å²) in [7, 11) is 0. The van der Waals surface area contributed by atoms with Gasteiger partial charge in [0.05, 0.1) is 12.2 Å². The van der Waals surface area contributed by atoms with E-state index < -0.39 is 6.36 Å². The molecule has 0 amide bonds. The van der Waals surface area contributed by atoms with Crippen molar-refractivity contribution < 1.29 is 22.4 Å². The highest BCUT2D eigenvalue weighted by Crippen LogP contribution is 2.30. The fourth-order valence-corrected chi connectivity index (χ4v) is 1.63. The zero-order valence-corrected chi connectivity index (χ0v) is 12.4. The first kappa shape index (κ1) is 16.1. The number of nitrogens with one attached hydrogen (secondary N) is 1. The highest BCUT2D eigenvalue weighted by Gasteiger charge is 2.32. The molecule has 0 aliphatic heterocycles. The van der Waals surface area contributed by atoms with Crippen molar-refractivity contribution in [3.8, 4) is 5.75 Å². The standard InChI is InChI=1S/C14H16F3N3O2/c1-13(2,3)12-19-11(22-20-12)8-18-9-6-4-5-7-10(9)21-14(15,16)17/h4-7,18H,8H2,1-3H3. The number of hydrogen-bond donors (Lipinski definition) is 1. The summed E-state index contributed by atoms with van der Waals surface area (Å²) in [5, 5.41) is 6.64. The van der Waals surface area contributed by atoms with E-state index in [-0.39, 0.29) is 29.3 Å². The van der Waals surface area contributed by atoms with Gasteiger partial charge in [0.2, 0.25) is 5.89 Å². The Balaban J connectivity index is 2.07. The first-order valence-electron chi connectivity index (χ1n) is 6.57. The van der Waals surface area contributed by atoms with Crippen LogP contribution in [0.25, 0.3) is 0 Å². The molecule has 0 radical (unpaired) electrons. The number of para-hydroxylation sites is 2. The molecule has 8 heteroatoms. The second-order valence-electron chi connectivity index (χ2n) is 5.66. The lowest BCUT2D eigenvalue weighted by Gasteiger charge is -2.13. The Bertz CT molecular complexity index is 633. The second-order valence-corrected chi connectivity index (χ2v) is 5.66. The second kappa shape index (κ2) is 5.86. The van der Waals surface area contributed by atoms with Gasteiger partial charge in [-0.05, 0) is 12.1 Å². The lowest BCUT2D eigenvalue weighted by Crippen LogP contribution is -2.18. The zero-order chi connectivity index (χ0) is 16.4. The Hall–Kier alpha value is -2.25. The molecule has 2 aromatic rings. The van der Waals surface area contributed by atoms with Crippen molar-refractivity contribution in [1.82, 2.24) is 10.1 Å². The molecule has 0 atom stereocenters. The van der Waals surface area contributed by atoms with Gasteiger partial charge < -0.3 is 14.6 Å². The molecule has 5 nitrogen and oxygen atoms in total. The molecule has 1 aromatic carbocycles. The van der Waals surface area contributed by atoms with E-state index in [1.807, 2.05) is 20.8 Å². The normalized spacial score (nSPS) is 12.3. The van der Waals surface area contributed by atoms with E-state index >= 15 is 0 Å². The topological polar surface area (TPSA) is 60.2 Å². The number of rotatable bonds is 4. The van der Waals surface area contributed by atoms with Gasteiger partial charge in [0.15, 0.2) is 11.6 Å². The van der Waals surface area contributed by atoms with E-state index in [1.54, 1.807) is 6.07 Å². The first-order chi connectivity index (χ1) is 10.1. The van der Waals surface area contributed by atoms with Gasteiger partial charge in [-0.25, -0.2) is 0 Å². The van der Waals surface area contributed by atoms with Crippen LogP contribution < -0.4 is 10.1 Å². The molecular weight excluding hydrogens is 299 g/mol. The fourth-order valence-electron chi connectivity index (χ4n) is 1.63. The first-order valence-corrected chi connectivity index (χ1v) is 6.57. The van der Waals surface area contributed by atoms with Crippen LogP contribution >= 0.6 is 0 Å². The molecular formula is C14H16F3N3O2. The van der Waals surface area contributed by atoms with E-state index in [9.17, 15) is 13.2 Å². The molecule has 0 bridgehead atoms. The van der Waals surface area contributed by atoms with Crippen LogP contribution in [0.4, 0.5) is 18.9 Å². The molecule has 0 fully saturated rings. The maximum Gasteiger partial charge on any atom is 0.573 e. The van der Waals surface area contributed by atoms with Crippen LogP contribution in [-0.2, 0) is 12.0 Å². The van der Waals surface area contributed by atoms with Crippen LogP contribution in [0.3, 0.4) is 0 Å². The van der Waals surface area contributed by atoms with E-state index in [0.717, 1.165) is 0 Å². The van der Waals surface area contributed by atoms with Gasteiger partial charge in [-0.15, -0.1) is 13.2 Å². The zero-order valence-electron chi connectivity index (χ0n) is 12.4. The number of aromatic nitrogens is 2. The highest BCUT2D eigenvalue weighted by molar-refractivity contribution is 5.56. The predicted molar refractivity (Wildman–Crippen MR) is 73.4 cm³/mol. The number of alkyl halides is 3. The minimum Gasteiger partial charge on any atom is -0.404 e. The third kappa shape index (κ3) is 4.37. The molecule has 0 unspecified atom stereocenters. The number of anilines is 1. The average Bonchev–Trinajstić information content (AvgIpc) is 2.84. The maximum atomic E-state index is 12.3. The van der Waals surface area contributed by atoms with Crippen LogP contribution in [0, 0.1) is 0 Å². The quantitative estimate of drug-likeness (QED) is 0.928. The molecule has 1 N–H and O–H groups in total. The van der Waals surface area contributed by atoms with Gasteiger partial charge >= 0.3 is 6.36 Å². The highest BCUT2D eigenvalue weighted by atomic mass is 19.4. The van der Waals surface area contributed by atoms with Crippen molar-refractivity contribution in [2.45, 2.75) is 39.1 Å². The molecule has 22 heavy (non-hydrogen) atoms. The van der Waals surface area contributed by atoms with Crippen molar-refractivity contribution in [1.29, 1.82) is 0 Å². The SMILES string of the molecule is CC(C)(C)c1noc(CNc2ccccc2OC(F)(F)F)n1. The van der Waals surface area contributed by atoms with E-state index in [4.69, 9.17) is 4.52 Å². The van der Waals surface area contributed by atoms with Crippen molar-refractivity contribution in [2.75, 3.05) is 5.32 Å². The Morgan fingerprint density at radius 2 is 1.86 bits per heavy atom. The summed E-state index contributed by atoms with van der Waals surface area (Å²) in [6, 6.07) is 5.75. The molecule has 120 valence electrons. The van der Waals surface area contributed by atoms with Crippen LogP contribution in [0.5, 0.6) is 5.75 Å². The Morgan fingerprint density at radius 3 is 2.45 bits per heavy atom. The van der Waals surface area contributed by atoms with Crippen LogP contribution in [0.15, 0.2) is 28.8 Å². The number of halogens is 3. The number of ether oxygens (including phenoxy) is 1. The monoisotopic (exact) mass is 315 g/mol. The number of benzene rings is 1. The molecule has 1 heterocycles. The number of nitrogens with zero attached hydrogens (tertiary/aromatic N) is 2. The van der Waals surface area contributed by atoms with Gasteiger partial charge in [-0.2, -0.15) is 4.98 Å². The summed E-state index contributed by atoms with van der Waals surface area (Å²) in [6.07, 6.45) is -4.75. The molecule has 0 saturated carbocycles. The van der Waals surface area contributed by atoms with Crippen molar-refractivity contribution in [3.05, 3.63) is 36.0 Å². The maximum absolute atomic E-state index is 12.3. The summed E-state index contributed by atoms with van der Waals surface area (Å²) >= 11 is 0. The third-order valence-electron chi connectivity index (χ3n) is 2.68. The predicted octanol–water partition coefficient (Wildman–Crippen LogP) is 3.88. The van der Waals surface area contributed by atoms with Crippen LogP contribution in [-0.4, -0.2) is 16.5 Å². The smallest absolute Gasteiger partial charge is 0.404 e. The Kier molecular flexibility index (Phi) is 4.30. The summed E-state index contributed by atoms with van der Waals surface area (Å²) in [4.78, 5) is 4.20. The third-order valence-corrected chi connectivity index (χ3v) is 2.68. The van der Waals surface area contributed by atoms with Gasteiger partial charge in [0, 0.05) is 5.41 Å². The summed E-state index contributed by atoms with van der Waals surface area (Å²) in [5.74, 6) is 0.501. The van der Waals surface area contributed by atoms with Crippen molar-refractivity contribution in [2.24, 2.45) is 0 Å². The lowest BCUT2D eigenvalue weighted by molar-refractivity contribution is -0.274. The average molecular weight is 315 g/mol. The molecule has 0 aliphatic rings. The van der Waals surface area contributed by atoms with Gasteiger partial charge in [-0.1, -0.05) is 38.1 Å². The summed E-state index contributed by atoms with van der Waals surface area (Å²) in [6.45, 7) is 5.89. The summed E-state index contributed by atoms with van der Waals surface area (Å²) in [5.41, 5.74) is -0.0747. The van der Waals surface area contributed by atoms with E-state index in [0.29, 0.717) is 5.82 Å². The van der Waals surface area contributed by atoms with Crippen LogP contribution in [0.1, 0.15) is 32.5 Å². The molecule has 0 saturated heterocycles. The lowest BCUT2D eigenvalue weighted by atomic mass is 9.96. The molecule has 2 rings (SSSR count). The molecule has 0 spiro atoms. The van der Waals surface area contributed by atoms with Crippen LogP contribution in [0.2, 0.25) is 0 Å². The van der Waals surface area contributed by atoms with E-state index in [2.05, 4.69) is 20.2 Å². The van der Waals surface area contributed by atoms with Gasteiger partial charge in [0.1, 0.15) is 0 Å². The fraction of sp³-hybridized carbons (Fsp3) is 0.429. The van der Waals surface area contributed by atoms with Crippen molar-refractivity contribution >= 4 is 5.69 Å². The largest absolute Gasteiger partial charge is 0.573 e. The Morgan fingerprint density at radius 1 is 1.18 bits per heavy atom.